The van der Waals surface area contributed by atoms with Crippen LogP contribution in [0.15, 0.2) is 18.2 Å². The van der Waals surface area contributed by atoms with Gasteiger partial charge in [0.05, 0.1) is 0 Å². The molecule has 0 aliphatic carbocycles. The minimum atomic E-state index is 0.0927. The summed E-state index contributed by atoms with van der Waals surface area (Å²) in [5, 5.41) is 8.22. The molecule has 1 aromatic carbocycles. The van der Waals surface area contributed by atoms with Crippen LogP contribution in [0.2, 0.25) is 0 Å². The molecule has 0 bridgehead atoms. The van der Waals surface area contributed by atoms with Crippen molar-refractivity contribution in [3.63, 3.8) is 0 Å². The smallest absolute Gasteiger partial charge is 0.265 e. The molecule has 8 nitrogen and oxygen atoms in total. The number of rotatable bonds is 3. The molecular formula is C19H21N5O3S. The van der Waals surface area contributed by atoms with Gasteiger partial charge < -0.3 is 14.4 Å². The first kappa shape index (κ1) is 17.4. The molecule has 1 amide bonds. The van der Waals surface area contributed by atoms with Gasteiger partial charge in [0.15, 0.2) is 11.5 Å². The molecule has 3 aromatic rings. The van der Waals surface area contributed by atoms with E-state index >= 15 is 0 Å². The Morgan fingerprint density at radius 3 is 2.68 bits per heavy atom. The molecule has 28 heavy (non-hydrogen) atoms. The summed E-state index contributed by atoms with van der Waals surface area (Å²) in [5.74, 6) is 2.53. The van der Waals surface area contributed by atoms with Crippen LogP contribution in [-0.2, 0) is 6.54 Å². The maximum atomic E-state index is 13.0. The molecule has 1 fully saturated rings. The van der Waals surface area contributed by atoms with E-state index < -0.39 is 0 Å². The van der Waals surface area contributed by atoms with Gasteiger partial charge in [0.25, 0.3) is 5.91 Å². The molecule has 0 atom stereocenters. The van der Waals surface area contributed by atoms with Gasteiger partial charge in [0.1, 0.15) is 10.7 Å². The van der Waals surface area contributed by atoms with Crippen LogP contribution in [0, 0.1) is 13.8 Å². The summed E-state index contributed by atoms with van der Waals surface area (Å²) in [6.07, 6.45) is 0. The molecule has 9 heteroatoms. The van der Waals surface area contributed by atoms with Crippen molar-refractivity contribution in [1.29, 1.82) is 0 Å². The van der Waals surface area contributed by atoms with Gasteiger partial charge in [-0.15, -0.1) is 10.2 Å². The molecule has 0 N–H and O–H groups in total. The molecule has 0 spiro atoms. The van der Waals surface area contributed by atoms with E-state index in [1.165, 1.54) is 16.9 Å². The second-order valence-corrected chi connectivity index (χ2v) is 8.12. The normalized spacial score (nSPS) is 16.9. The molecule has 1 saturated heterocycles. The van der Waals surface area contributed by atoms with Crippen LogP contribution in [0.4, 0.5) is 0 Å². The number of piperazine rings is 1. The average Bonchev–Trinajstić information content (AvgIpc) is 3.39. The number of fused-ring (bicyclic) bond motifs is 2. The first-order chi connectivity index (χ1) is 13.6. The number of ether oxygens (including phenoxy) is 2. The second kappa shape index (κ2) is 6.75. The average molecular weight is 399 g/mol. The van der Waals surface area contributed by atoms with Crippen LogP contribution >= 0.6 is 11.3 Å². The minimum absolute atomic E-state index is 0.0927. The van der Waals surface area contributed by atoms with E-state index in [1.54, 1.807) is 0 Å². The standard InChI is InChI=1S/C19H21N5O3S/c1-12-17(28-19-21-20-13(2)24(12)19)18(25)23-7-5-22(6-8-23)10-14-3-4-15-16(9-14)27-11-26-15/h3-4,9H,5-8,10-11H2,1-2H3. The maximum absolute atomic E-state index is 13.0. The predicted octanol–water partition coefficient (Wildman–Crippen LogP) is 2.09. The van der Waals surface area contributed by atoms with Gasteiger partial charge in [-0.1, -0.05) is 17.4 Å². The number of thiazole rings is 1. The van der Waals surface area contributed by atoms with E-state index in [-0.39, 0.29) is 5.91 Å². The monoisotopic (exact) mass is 399 g/mol. The Hall–Kier alpha value is -2.65. The van der Waals surface area contributed by atoms with Gasteiger partial charge in [0.2, 0.25) is 11.8 Å². The van der Waals surface area contributed by atoms with Crippen LogP contribution in [0.1, 0.15) is 26.8 Å². The summed E-state index contributed by atoms with van der Waals surface area (Å²) in [5.41, 5.74) is 2.12. The third-order valence-electron chi connectivity index (χ3n) is 5.35. The van der Waals surface area contributed by atoms with Crippen LogP contribution in [0.25, 0.3) is 4.96 Å². The van der Waals surface area contributed by atoms with E-state index in [1.807, 2.05) is 35.3 Å². The number of nitrogens with zero attached hydrogens (tertiary/aromatic N) is 5. The third kappa shape index (κ3) is 2.91. The lowest BCUT2D eigenvalue weighted by molar-refractivity contribution is 0.0632. The number of aromatic nitrogens is 3. The Kier molecular flexibility index (Phi) is 4.21. The highest BCUT2D eigenvalue weighted by atomic mass is 32.1. The Balaban J connectivity index is 1.24. The van der Waals surface area contributed by atoms with E-state index in [9.17, 15) is 4.79 Å². The van der Waals surface area contributed by atoms with Crippen LogP contribution in [0.3, 0.4) is 0 Å². The number of amides is 1. The molecule has 0 saturated carbocycles. The van der Waals surface area contributed by atoms with Gasteiger partial charge in [0, 0.05) is 38.4 Å². The van der Waals surface area contributed by atoms with Gasteiger partial charge >= 0.3 is 0 Å². The highest BCUT2D eigenvalue weighted by molar-refractivity contribution is 7.19. The van der Waals surface area contributed by atoms with Crippen molar-refractivity contribution in [2.24, 2.45) is 0 Å². The van der Waals surface area contributed by atoms with Gasteiger partial charge in [-0.3, -0.25) is 14.1 Å². The zero-order valence-electron chi connectivity index (χ0n) is 15.8. The number of hydrogen-bond donors (Lipinski definition) is 0. The summed E-state index contributed by atoms with van der Waals surface area (Å²) in [6.45, 7) is 8.15. The van der Waals surface area contributed by atoms with Crippen molar-refractivity contribution in [2.45, 2.75) is 20.4 Å². The largest absolute Gasteiger partial charge is 0.454 e. The highest BCUT2D eigenvalue weighted by Gasteiger charge is 2.26. The Morgan fingerprint density at radius 2 is 1.89 bits per heavy atom. The lowest BCUT2D eigenvalue weighted by Gasteiger charge is -2.34. The van der Waals surface area contributed by atoms with Gasteiger partial charge in [-0.25, -0.2) is 0 Å². The number of aryl methyl sites for hydroxylation is 2. The fraction of sp³-hybridized carbons (Fsp3) is 0.421. The third-order valence-corrected chi connectivity index (χ3v) is 6.47. The van der Waals surface area contributed by atoms with E-state index in [2.05, 4.69) is 21.2 Å². The minimum Gasteiger partial charge on any atom is -0.454 e. The van der Waals surface area contributed by atoms with Gasteiger partial charge in [-0.05, 0) is 31.5 Å². The van der Waals surface area contributed by atoms with Crippen molar-refractivity contribution in [2.75, 3.05) is 33.0 Å². The van der Waals surface area contributed by atoms with Crippen LogP contribution in [-0.4, -0.2) is 63.3 Å². The lowest BCUT2D eigenvalue weighted by atomic mass is 10.1. The van der Waals surface area contributed by atoms with Crippen molar-refractivity contribution >= 4 is 22.2 Å². The van der Waals surface area contributed by atoms with Crippen molar-refractivity contribution < 1.29 is 14.3 Å². The first-order valence-electron chi connectivity index (χ1n) is 9.31. The predicted molar refractivity (Wildman–Crippen MR) is 104 cm³/mol. The Bertz CT molecular complexity index is 1050. The van der Waals surface area contributed by atoms with E-state index in [0.29, 0.717) is 6.79 Å². The summed E-state index contributed by atoms with van der Waals surface area (Å²) in [7, 11) is 0. The first-order valence-corrected chi connectivity index (χ1v) is 10.1. The quantitative estimate of drug-likeness (QED) is 0.672. The summed E-state index contributed by atoms with van der Waals surface area (Å²) in [6, 6.07) is 6.08. The molecule has 0 unspecified atom stereocenters. The molecule has 2 aliphatic heterocycles. The fourth-order valence-electron chi connectivity index (χ4n) is 3.81. The molecule has 5 rings (SSSR count). The van der Waals surface area contributed by atoms with Crippen LogP contribution < -0.4 is 9.47 Å². The zero-order valence-corrected chi connectivity index (χ0v) is 16.7. The zero-order chi connectivity index (χ0) is 19.3. The van der Waals surface area contributed by atoms with E-state index in [4.69, 9.17) is 9.47 Å². The van der Waals surface area contributed by atoms with E-state index in [0.717, 1.165) is 65.6 Å². The van der Waals surface area contributed by atoms with Crippen molar-refractivity contribution in [3.8, 4) is 11.5 Å². The number of benzene rings is 1. The number of carbonyl (C=O) groups excluding carboxylic acids is 1. The molecule has 2 aromatic heterocycles. The Labute approximate surface area is 166 Å². The summed E-state index contributed by atoms with van der Waals surface area (Å²) in [4.78, 5) is 18.9. The molecular weight excluding hydrogens is 378 g/mol. The topological polar surface area (TPSA) is 72.2 Å². The van der Waals surface area contributed by atoms with Gasteiger partial charge in [-0.2, -0.15) is 0 Å². The number of hydrogen-bond acceptors (Lipinski definition) is 7. The Morgan fingerprint density at radius 1 is 1.11 bits per heavy atom. The second-order valence-electron chi connectivity index (χ2n) is 7.14. The maximum Gasteiger partial charge on any atom is 0.265 e. The molecule has 4 heterocycles. The SMILES string of the molecule is Cc1nnc2sc(C(=O)N3CCN(Cc4ccc5c(c4)OCO5)CC3)c(C)n12. The molecule has 0 radical (unpaired) electrons. The van der Waals surface area contributed by atoms with Crippen molar-refractivity contribution in [1.82, 2.24) is 24.4 Å². The summed E-state index contributed by atoms with van der Waals surface area (Å²) >= 11 is 1.42. The summed E-state index contributed by atoms with van der Waals surface area (Å²) < 4.78 is 12.8. The lowest BCUT2D eigenvalue weighted by Crippen LogP contribution is -2.48. The van der Waals surface area contributed by atoms with Crippen molar-refractivity contribution in [3.05, 3.63) is 40.2 Å². The molecule has 146 valence electrons. The van der Waals surface area contributed by atoms with Crippen LogP contribution in [0.5, 0.6) is 11.5 Å². The molecule has 2 aliphatic rings. The fourth-order valence-corrected chi connectivity index (χ4v) is 4.89. The highest BCUT2D eigenvalue weighted by Crippen LogP contribution is 2.33. The number of carbonyl (C=O) groups is 1.